The highest BCUT2D eigenvalue weighted by Crippen LogP contribution is 2.32. The van der Waals surface area contributed by atoms with Crippen molar-refractivity contribution in [1.82, 2.24) is 15.5 Å². The zero-order valence-electron chi connectivity index (χ0n) is 14.3. The molecular formula is C17H23N3O4. The van der Waals surface area contributed by atoms with Gasteiger partial charge in [-0.25, -0.2) is 0 Å². The lowest BCUT2D eigenvalue weighted by molar-refractivity contribution is 0.0891. The Kier molecular flexibility index (Phi) is 5.81. The topological polar surface area (TPSA) is 96.5 Å². The number of benzene rings is 1. The van der Waals surface area contributed by atoms with E-state index in [1.54, 1.807) is 32.4 Å². The second kappa shape index (κ2) is 7.83. The highest BCUT2D eigenvalue weighted by molar-refractivity contribution is 5.93. The number of rotatable bonds is 7. The summed E-state index contributed by atoms with van der Waals surface area (Å²) in [6.45, 7) is 3.75. The standard InChI is InChI=1S/C17H23N3O4/c1-10(2)15(9-21)18-17(22)14-8-13(19-20-14)12-6-5-11(23-3)7-16(12)24-4/h5-8,10,15,21H,9H2,1-4H3,(H,18,22)(H,19,20)/t15-/m1/s1. The molecule has 7 heteroatoms. The van der Waals surface area contributed by atoms with Crippen LogP contribution in [0, 0.1) is 5.92 Å². The summed E-state index contributed by atoms with van der Waals surface area (Å²) in [6.07, 6.45) is 0. The molecule has 0 spiro atoms. The molecule has 0 unspecified atom stereocenters. The second-order valence-corrected chi connectivity index (χ2v) is 5.74. The molecule has 0 aliphatic rings. The number of aliphatic hydroxyl groups is 1. The van der Waals surface area contributed by atoms with Gasteiger partial charge >= 0.3 is 0 Å². The van der Waals surface area contributed by atoms with Gasteiger partial charge in [-0.1, -0.05) is 13.8 Å². The molecule has 24 heavy (non-hydrogen) atoms. The van der Waals surface area contributed by atoms with E-state index >= 15 is 0 Å². The third-order valence-corrected chi connectivity index (χ3v) is 3.83. The zero-order chi connectivity index (χ0) is 17.7. The average molecular weight is 333 g/mol. The van der Waals surface area contributed by atoms with Gasteiger partial charge in [0.1, 0.15) is 17.2 Å². The van der Waals surface area contributed by atoms with Crippen LogP contribution in [0.5, 0.6) is 11.5 Å². The van der Waals surface area contributed by atoms with E-state index in [0.29, 0.717) is 22.9 Å². The van der Waals surface area contributed by atoms with Crippen LogP contribution in [0.3, 0.4) is 0 Å². The van der Waals surface area contributed by atoms with Crippen LogP contribution in [-0.2, 0) is 0 Å². The number of methoxy groups -OCH3 is 2. The van der Waals surface area contributed by atoms with Crippen LogP contribution in [0.1, 0.15) is 24.3 Å². The summed E-state index contributed by atoms with van der Waals surface area (Å²) in [5, 5.41) is 19.0. The summed E-state index contributed by atoms with van der Waals surface area (Å²) in [5.74, 6) is 1.09. The number of H-pyrrole nitrogens is 1. The summed E-state index contributed by atoms with van der Waals surface area (Å²) in [5.41, 5.74) is 1.66. The Morgan fingerprint density at radius 3 is 2.62 bits per heavy atom. The number of ether oxygens (including phenoxy) is 2. The van der Waals surface area contributed by atoms with Crippen molar-refractivity contribution in [3.63, 3.8) is 0 Å². The molecule has 0 saturated carbocycles. The predicted molar refractivity (Wildman–Crippen MR) is 90.3 cm³/mol. The minimum atomic E-state index is -0.311. The van der Waals surface area contributed by atoms with Crippen molar-refractivity contribution in [1.29, 1.82) is 0 Å². The number of hydrogen-bond acceptors (Lipinski definition) is 5. The highest BCUT2D eigenvalue weighted by atomic mass is 16.5. The number of carbonyl (C=O) groups is 1. The van der Waals surface area contributed by atoms with Crippen LogP contribution in [0.25, 0.3) is 11.3 Å². The van der Waals surface area contributed by atoms with Gasteiger partial charge in [0.15, 0.2) is 0 Å². The van der Waals surface area contributed by atoms with E-state index in [9.17, 15) is 9.90 Å². The van der Waals surface area contributed by atoms with Gasteiger partial charge in [-0.15, -0.1) is 0 Å². The molecule has 3 N–H and O–H groups in total. The van der Waals surface area contributed by atoms with E-state index in [2.05, 4.69) is 15.5 Å². The number of aliphatic hydroxyl groups excluding tert-OH is 1. The Bertz CT molecular complexity index is 697. The van der Waals surface area contributed by atoms with E-state index in [4.69, 9.17) is 9.47 Å². The molecule has 2 aromatic rings. The van der Waals surface area contributed by atoms with E-state index in [1.165, 1.54) is 0 Å². The summed E-state index contributed by atoms with van der Waals surface area (Å²) in [6, 6.07) is 6.71. The predicted octanol–water partition coefficient (Wildman–Crippen LogP) is 1.84. The van der Waals surface area contributed by atoms with E-state index in [0.717, 1.165) is 5.56 Å². The molecule has 1 aromatic heterocycles. The summed E-state index contributed by atoms with van der Waals surface area (Å²) in [4.78, 5) is 12.3. The first kappa shape index (κ1) is 17.8. The van der Waals surface area contributed by atoms with Gasteiger partial charge in [-0.3, -0.25) is 9.89 Å². The SMILES string of the molecule is COc1ccc(-c2cc(C(=O)N[C@H](CO)C(C)C)[nH]n2)c(OC)c1. The first-order chi connectivity index (χ1) is 11.5. The highest BCUT2D eigenvalue weighted by Gasteiger charge is 2.19. The smallest absolute Gasteiger partial charge is 0.269 e. The molecule has 130 valence electrons. The molecule has 1 atom stereocenters. The monoisotopic (exact) mass is 333 g/mol. The number of hydrogen-bond donors (Lipinski definition) is 3. The minimum Gasteiger partial charge on any atom is -0.497 e. The van der Waals surface area contributed by atoms with Gasteiger partial charge in [0.2, 0.25) is 0 Å². The molecule has 2 rings (SSSR count). The van der Waals surface area contributed by atoms with Gasteiger partial charge in [0.25, 0.3) is 5.91 Å². The summed E-state index contributed by atoms with van der Waals surface area (Å²) in [7, 11) is 3.14. The van der Waals surface area contributed by atoms with Crippen molar-refractivity contribution < 1.29 is 19.4 Å². The fraction of sp³-hybridized carbons (Fsp3) is 0.412. The Hall–Kier alpha value is -2.54. The molecule has 0 aliphatic carbocycles. The Morgan fingerprint density at radius 1 is 1.29 bits per heavy atom. The molecular weight excluding hydrogens is 310 g/mol. The van der Waals surface area contributed by atoms with Crippen molar-refractivity contribution >= 4 is 5.91 Å². The van der Waals surface area contributed by atoms with E-state index in [1.807, 2.05) is 19.9 Å². The third-order valence-electron chi connectivity index (χ3n) is 3.83. The molecule has 0 saturated heterocycles. The maximum Gasteiger partial charge on any atom is 0.269 e. The Balaban J connectivity index is 2.23. The maximum atomic E-state index is 12.3. The molecule has 0 bridgehead atoms. The second-order valence-electron chi connectivity index (χ2n) is 5.74. The van der Waals surface area contributed by atoms with Crippen LogP contribution in [0.15, 0.2) is 24.3 Å². The van der Waals surface area contributed by atoms with Gasteiger partial charge in [0.05, 0.1) is 32.6 Å². The quantitative estimate of drug-likeness (QED) is 0.718. The molecule has 0 radical (unpaired) electrons. The van der Waals surface area contributed by atoms with Gasteiger partial charge < -0.3 is 19.9 Å². The molecule has 7 nitrogen and oxygen atoms in total. The first-order valence-corrected chi connectivity index (χ1v) is 7.69. The van der Waals surface area contributed by atoms with Crippen molar-refractivity contribution in [3.05, 3.63) is 30.0 Å². The number of nitrogens with zero attached hydrogens (tertiary/aromatic N) is 1. The minimum absolute atomic E-state index is 0.114. The zero-order valence-corrected chi connectivity index (χ0v) is 14.3. The molecule has 0 aliphatic heterocycles. The number of carbonyl (C=O) groups excluding carboxylic acids is 1. The maximum absolute atomic E-state index is 12.3. The van der Waals surface area contributed by atoms with E-state index < -0.39 is 0 Å². The molecule has 0 fully saturated rings. The third kappa shape index (κ3) is 3.86. The van der Waals surface area contributed by atoms with Gasteiger partial charge in [-0.2, -0.15) is 5.10 Å². The van der Waals surface area contributed by atoms with Crippen molar-refractivity contribution in [2.45, 2.75) is 19.9 Å². The fourth-order valence-corrected chi connectivity index (χ4v) is 2.26. The molecule has 1 heterocycles. The molecule has 1 amide bonds. The average Bonchev–Trinajstić information content (AvgIpc) is 3.08. The Labute approximate surface area is 141 Å². The van der Waals surface area contributed by atoms with Gasteiger partial charge in [-0.05, 0) is 24.1 Å². The lowest BCUT2D eigenvalue weighted by Crippen LogP contribution is -2.41. The normalized spacial score (nSPS) is 12.1. The van der Waals surface area contributed by atoms with E-state index in [-0.39, 0.29) is 24.5 Å². The summed E-state index contributed by atoms with van der Waals surface area (Å²) >= 11 is 0. The number of amides is 1. The largest absolute Gasteiger partial charge is 0.497 e. The lowest BCUT2D eigenvalue weighted by atomic mass is 10.1. The summed E-state index contributed by atoms with van der Waals surface area (Å²) < 4.78 is 10.5. The lowest BCUT2D eigenvalue weighted by Gasteiger charge is -2.19. The van der Waals surface area contributed by atoms with Crippen LogP contribution >= 0.6 is 0 Å². The number of aromatic nitrogens is 2. The molecule has 1 aromatic carbocycles. The van der Waals surface area contributed by atoms with Crippen LogP contribution in [0.4, 0.5) is 0 Å². The van der Waals surface area contributed by atoms with Crippen molar-refractivity contribution in [3.8, 4) is 22.8 Å². The first-order valence-electron chi connectivity index (χ1n) is 7.69. The van der Waals surface area contributed by atoms with Crippen molar-refractivity contribution in [2.24, 2.45) is 5.92 Å². The van der Waals surface area contributed by atoms with Crippen LogP contribution in [-0.4, -0.2) is 48.1 Å². The van der Waals surface area contributed by atoms with Crippen LogP contribution in [0.2, 0.25) is 0 Å². The fourth-order valence-electron chi connectivity index (χ4n) is 2.26. The Morgan fingerprint density at radius 2 is 2.04 bits per heavy atom. The van der Waals surface area contributed by atoms with Gasteiger partial charge in [0, 0.05) is 11.6 Å². The number of aromatic amines is 1. The number of nitrogens with one attached hydrogen (secondary N) is 2. The van der Waals surface area contributed by atoms with Crippen LogP contribution < -0.4 is 14.8 Å². The van der Waals surface area contributed by atoms with Crippen molar-refractivity contribution in [2.75, 3.05) is 20.8 Å².